The number of ether oxygens (including phenoxy) is 1. The van der Waals surface area contributed by atoms with Gasteiger partial charge >= 0.3 is 0 Å². The first-order valence-corrected chi connectivity index (χ1v) is 8.13. The fraction of sp³-hybridized carbons (Fsp3) is 0.684. The predicted molar refractivity (Wildman–Crippen MR) is 87.4 cm³/mol. The lowest BCUT2D eigenvalue weighted by molar-refractivity contribution is -0.0564. The van der Waals surface area contributed by atoms with Gasteiger partial charge in [-0.25, -0.2) is 0 Å². The summed E-state index contributed by atoms with van der Waals surface area (Å²) in [5, 5.41) is 10.4. The summed E-state index contributed by atoms with van der Waals surface area (Å²) in [4.78, 5) is 0. The van der Waals surface area contributed by atoms with Gasteiger partial charge in [0.2, 0.25) is 0 Å². The van der Waals surface area contributed by atoms with E-state index in [1.165, 1.54) is 17.5 Å². The second-order valence-electron chi connectivity index (χ2n) is 7.81. The van der Waals surface area contributed by atoms with Gasteiger partial charge < -0.3 is 9.84 Å². The molecule has 1 aliphatic carbocycles. The van der Waals surface area contributed by atoms with Gasteiger partial charge in [-0.3, -0.25) is 0 Å². The van der Waals surface area contributed by atoms with Crippen LogP contribution in [0.3, 0.4) is 0 Å². The van der Waals surface area contributed by atoms with Crippen LogP contribution < -0.4 is 0 Å². The average molecular weight is 290 g/mol. The molecule has 0 heterocycles. The number of hydrogen-bond donors (Lipinski definition) is 1. The SMILES string of the molecule is Cc1cc(C)cc(C(O)COC2CC(C)CC(C)(C)C2)c1. The van der Waals surface area contributed by atoms with Crippen LogP contribution in [0.25, 0.3) is 0 Å². The molecular formula is C19H30O2. The monoisotopic (exact) mass is 290 g/mol. The lowest BCUT2D eigenvalue weighted by Gasteiger charge is -2.39. The van der Waals surface area contributed by atoms with E-state index in [0.717, 1.165) is 18.4 Å². The molecule has 1 aliphatic rings. The topological polar surface area (TPSA) is 29.5 Å². The number of hydrogen-bond acceptors (Lipinski definition) is 2. The van der Waals surface area contributed by atoms with Gasteiger partial charge in [0.1, 0.15) is 6.10 Å². The Labute approximate surface area is 129 Å². The van der Waals surface area contributed by atoms with Crippen LogP contribution in [0.5, 0.6) is 0 Å². The smallest absolute Gasteiger partial charge is 0.102 e. The van der Waals surface area contributed by atoms with Crippen molar-refractivity contribution < 1.29 is 9.84 Å². The van der Waals surface area contributed by atoms with E-state index in [0.29, 0.717) is 17.9 Å². The van der Waals surface area contributed by atoms with Gasteiger partial charge in [0, 0.05) is 0 Å². The summed E-state index contributed by atoms with van der Waals surface area (Å²) in [5.41, 5.74) is 3.70. The largest absolute Gasteiger partial charge is 0.386 e. The van der Waals surface area contributed by atoms with Crippen LogP contribution in [-0.4, -0.2) is 17.8 Å². The van der Waals surface area contributed by atoms with Crippen molar-refractivity contribution in [2.75, 3.05) is 6.61 Å². The Balaban J connectivity index is 1.93. The van der Waals surface area contributed by atoms with E-state index < -0.39 is 6.10 Å². The highest BCUT2D eigenvalue weighted by Gasteiger charge is 2.32. The molecule has 0 saturated heterocycles. The van der Waals surface area contributed by atoms with Crippen LogP contribution in [0.2, 0.25) is 0 Å². The Morgan fingerprint density at radius 2 is 1.81 bits per heavy atom. The van der Waals surface area contributed by atoms with Crippen molar-refractivity contribution in [2.24, 2.45) is 11.3 Å². The Kier molecular flexibility index (Phi) is 5.11. The molecule has 1 saturated carbocycles. The molecule has 1 N–H and O–H groups in total. The summed E-state index contributed by atoms with van der Waals surface area (Å²) in [6.07, 6.45) is 3.24. The maximum Gasteiger partial charge on any atom is 0.102 e. The molecule has 0 amide bonds. The lowest BCUT2D eigenvalue weighted by atomic mass is 9.71. The zero-order valence-corrected chi connectivity index (χ0v) is 14.1. The second kappa shape index (κ2) is 6.50. The van der Waals surface area contributed by atoms with Crippen LogP contribution in [0, 0.1) is 25.2 Å². The van der Waals surface area contributed by atoms with Crippen molar-refractivity contribution in [3.63, 3.8) is 0 Å². The maximum absolute atomic E-state index is 10.4. The van der Waals surface area contributed by atoms with E-state index in [4.69, 9.17) is 4.74 Å². The van der Waals surface area contributed by atoms with Gasteiger partial charge in [-0.1, -0.05) is 50.1 Å². The summed E-state index contributed by atoms with van der Waals surface area (Å²) in [5.74, 6) is 0.706. The van der Waals surface area contributed by atoms with E-state index in [1.54, 1.807) is 0 Å². The zero-order chi connectivity index (χ0) is 15.6. The molecule has 2 nitrogen and oxygen atoms in total. The summed E-state index contributed by atoms with van der Waals surface area (Å²) < 4.78 is 6.03. The molecule has 0 aromatic heterocycles. The molecule has 3 unspecified atom stereocenters. The molecule has 1 fully saturated rings. The molecule has 0 aliphatic heterocycles. The van der Waals surface area contributed by atoms with Gasteiger partial charge in [-0.15, -0.1) is 0 Å². The van der Waals surface area contributed by atoms with Crippen molar-refractivity contribution in [3.05, 3.63) is 34.9 Å². The minimum Gasteiger partial charge on any atom is -0.386 e. The van der Waals surface area contributed by atoms with Gasteiger partial charge in [-0.05, 0) is 50.0 Å². The van der Waals surface area contributed by atoms with Crippen LogP contribution >= 0.6 is 0 Å². The van der Waals surface area contributed by atoms with Gasteiger partial charge in [-0.2, -0.15) is 0 Å². The van der Waals surface area contributed by atoms with Crippen molar-refractivity contribution in [1.82, 2.24) is 0 Å². The van der Waals surface area contributed by atoms with Crippen molar-refractivity contribution in [2.45, 2.75) is 66.1 Å². The van der Waals surface area contributed by atoms with E-state index >= 15 is 0 Å². The molecule has 21 heavy (non-hydrogen) atoms. The van der Waals surface area contributed by atoms with Crippen molar-refractivity contribution >= 4 is 0 Å². The quantitative estimate of drug-likeness (QED) is 0.880. The first-order chi connectivity index (χ1) is 9.75. The second-order valence-corrected chi connectivity index (χ2v) is 7.81. The lowest BCUT2D eigenvalue weighted by Crippen LogP contribution is -2.33. The number of aliphatic hydroxyl groups excluding tert-OH is 1. The van der Waals surface area contributed by atoms with Gasteiger partial charge in [0.25, 0.3) is 0 Å². The fourth-order valence-corrected chi connectivity index (χ4v) is 3.91. The molecule has 118 valence electrons. The fourth-order valence-electron chi connectivity index (χ4n) is 3.91. The summed E-state index contributed by atoms with van der Waals surface area (Å²) in [6, 6.07) is 6.23. The van der Waals surface area contributed by atoms with Crippen molar-refractivity contribution in [1.29, 1.82) is 0 Å². The molecule has 1 aromatic carbocycles. The van der Waals surface area contributed by atoms with Crippen molar-refractivity contribution in [3.8, 4) is 0 Å². The highest BCUT2D eigenvalue weighted by atomic mass is 16.5. The predicted octanol–water partition coefficient (Wildman–Crippen LogP) is 4.57. The molecule has 3 atom stereocenters. The third-order valence-corrected chi connectivity index (χ3v) is 4.47. The highest BCUT2D eigenvalue weighted by molar-refractivity contribution is 5.29. The number of aryl methyl sites for hydroxylation is 2. The van der Waals surface area contributed by atoms with Crippen LogP contribution in [0.1, 0.15) is 62.8 Å². The molecule has 1 aromatic rings. The summed E-state index contributed by atoms with van der Waals surface area (Å²) in [6.45, 7) is 11.5. The molecule has 0 bridgehead atoms. The van der Waals surface area contributed by atoms with E-state index in [2.05, 4.69) is 52.8 Å². The molecule has 0 radical (unpaired) electrons. The Hall–Kier alpha value is -0.860. The van der Waals surface area contributed by atoms with Crippen LogP contribution in [0.4, 0.5) is 0 Å². The van der Waals surface area contributed by atoms with Gasteiger partial charge in [0.05, 0.1) is 12.7 Å². The van der Waals surface area contributed by atoms with E-state index in [-0.39, 0.29) is 6.10 Å². The number of rotatable bonds is 4. The third kappa shape index (κ3) is 4.82. The van der Waals surface area contributed by atoms with Gasteiger partial charge in [0.15, 0.2) is 0 Å². The normalized spacial score (nSPS) is 26.6. The van der Waals surface area contributed by atoms with Crippen LogP contribution in [-0.2, 0) is 4.74 Å². The standard InChI is InChI=1S/C19H30O2/c1-13-6-14(2)8-16(7-13)18(20)12-21-17-9-15(3)10-19(4,5)11-17/h6-8,15,17-18,20H,9-12H2,1-5H3. The Morgan fingerprint density at radius 1 is 1.19 bits per heavy atom. The minimum atomic E-state index is -0.524. The Bertz CT molecular complexity index is 458. The first kappa shape index (κ1) is 16.5. The minimum absolute atomic E-state index is 0.282. The molecular weight excluding hydrogens is 260 g/mol. The Morgan fingerprint density at radius 3 is 2.38 bits per heavy atom. The molecule has 2 heteroatoms. The van der Waals surface area contributed by atoms with E-state index in [1.807, 2.05) is 0 Å². The highest BCUT2D eigenvalue weighted by Crippen LogP contribution is 2.39. The molecule has 2 rings (SSSR count). The van der Waals surface area contributed by atoms with Crippen LogP contribution in [0.15, 0.2) is 18.2 Å². The number of aliphatic hydroxyl groups is 1. The maximum atomic E-state index is 10.4. The summed E-state index contributed by atoms with van der Waals surface area (Å²) >= 11 is 0. The number of benzene rings is 1. The first-order valence-electron chi connectivity index (χ1n) is 8.13. The average Bonchev–Trinajstić information content (AvgIpc) is 2.32. The third-order valence-electron chi connectivity index (χ3n) is 4.47. The van der Waals surface area contributed by atoms with E-state index in [9.17, 15) is 5.11 Å². The molecule has 0 spiro atoms. The zero-order valence-electron chi connectivity index (χ0n) is 14.1. The summed E-state index contributed by atoms with van der Waals surface area (Å²) in [7, 11) is 0.